The molecule has 4 N–H and O–H groups in total. The summed E-state index contributed by atoms with van der Waals surface area (Å²) in [7, 11) is 0. The third kappa shape index (κ3) is 6.75. The van der Waals surface area contributed by atoms with E-state index in [4.69, 9.17) is 0 Å². The van der Waals surface area contributed by atoms with Crippen molar-refractivity contribution >= 4 is 40.5 Å². The molecule has 3 amide bonds. The quantitative estimate of drug-likeness (QED) is 0.560. The molecule has 0 saturated heterocycles. The highest BCUT2D eigenvalue weighted by Gasteiger charge is 2.07. The van der Waals surface area contributed by atoms with Gasteiger partial charge in [-0.15, -0.1) is 0 Å². The minimum absolute atomic E-state index is 0.0464. The van der Waals surface area contributed by atoms with Crippen molar-refractivity contribution in [3.8, 4) is 0 Å². The number of carbonyl (C=O) groups is 3. The maximum atomic E-state index is 12.1. The van der Waals surface area contributed by atoms with Gasteiger partial charge in [-0.25, -0.2) is 0 Å². The first-order valence-electron chi connectivity index (χ1n) is 9.22. The van der Waals surface area contributed by atoms with E-state index in [0.717, 1.165) is 5.69 Å². The molecule has 0 aliphatic heterocycles. The Labute approximate surface area is 164 Å². The second-order valence-electron chi connectivity index (χ2n) is 6.60. The number of carbonyl (C=O) groups excluding carboxylic acids is 3. The number of amides is 3. The number of hydrogen-bond donors (Lipinski definition) is 4. The highest BCUT2D eigenvalue weighted by molar-refractivity contribution is 5.95. The summed E-state index contributed by atoms with van der Waals surface area (Å²) in [5, 5.41) is 11.4. The van der Waals surface area contributed by atoms with Crippen LogP contribution >= 0.6 is 0 Å². The molecule has 0 heterocycles. The van der Waals surface area contributed by atoms with Crippen molar-refractivity contribution in [2.24, 2.45) is 5.92 Å². The van der Waals surface area contributed by atoms with Gasteiger partial charge >= 0.3 is 0 Å². The molecule has 148 valence electrons. The molecule has 0 aliphatic carbocycles. The van der Waals surface area contributed by atoms with Crippen LogP contribution in [0.1, 0.15) is 27.2 Å². The molecule has 0 aromatic heterocycles. The van der Waals surface area contributed by atoms with Crippen molar-refractivity contribution in [3.63, 3.8) is 0 Å². The minimum Gasteiger partial charge on any atom is -0.376 e. The van der Waals surface area contributed by atoms with E-state index in [1.165, 1.54) is 0 Å². The molecular formula is C21H26N4O3. The van der Waals surface area contributed by atoms with Crippen molar-refractivity contribution in [3.05, 3.63) is 48.5 Å². The highest BCUT2D eigenvalue weighted by atomic mass is 16.2. The molecular weight excluding hydrogens is 356 g/mol. The lowest BCUT2D eigenvalue weighted by Crippen LogP contribution is -2.21. The molecule has 28 heavy (non-hydrogen) atoms. The Morgan fingerprint density at radius 2 is 1.14 bits per heavy atom. The maximum Gasteiger partial charge on any atom is 0.243 e. The average Bonchev–Trinajstić information content (AvgIpc) is 2.68. The normalized spacial score (nSPS) is 10.3. The lowest BCUT2D eigenvalue weighted by atomic mass is 10.2. The van der Waals surface area contributed by atoms with Gasteiger partial charge in [0.15, 0.2) is 0 Å². The SMILES string of the molecule is CCC(=O)Nc1ccc(NCC(=O)Nc2ccc(NC(=O)C(C)C)cc2)cc1. The van der Waals surface area contributed by atoms with Crippen LogP contribution in [0.15, 0.2) is 48.5 Å². The molecule has 0 aliphatic rings. The van der Waals surface area contributed by atoms with E-state index >= 15 is 0 Å². The van der Waals surface area contributed by atoms with E-state index in [1.54, 1.807) is 55.5 Å². The van der Waals surface area contributed by atoms with E-state index < -0.39 is 0 Å². The molecule has 0 bridgehead atoms. The number of rotatable bonds is 8. The fourth-order valence-electron chi connectivity index (χ4n) is 2.23. The Bertz CT molecular complexity index is 815. The Morgan fingerprint density at radius 3 is 1.61 bits per heavy atom. The van der Waals surface area contributed by atoms with Crippen molar-refractivity contribution in [1.29, 1.82) is 0 Å². The number of nitrogens with one attached hydrogen (secondary N) is 4. The summed E-state index contributed by atoms with van der Waals surface area (Å²) in [5.74, 6) is -0.388. The van der Waals surface area contributed by atoms with Gasteiger partial charge in [-0.05, 0) is 48.5 Å². The summed E-state index contributed by atoms with van der Waals surface area (Å²) in [6.07, 6.45) is 0.422. The number of hydrogen-bond acceptors (Lipinski definition) is 4. The van der Waals surface area contributed by atoms with Crippen LogP contribution in [-0.2, 0) is 14.4 Å². The zero-order valence-electron chi connectivity index (χ0n) is 16.3. The molecule has 7 heteroatoms. The fraction of sp³-hybridized carbons (Fsp3) is 0.286. The van der Waals surface area contributed by atoms with Crippen molar-refractivity contribution in [2.45, 2.75) is 27.2 Å². The van der Waals surface area contributed by atoms with Gasteiger partial charge in [-0.2, -0.15) is 0 Å². The molecule has 0 fully saturated rings. The van der Waals surface area contributed by atoms with Crippen molar-refractivity contribution < 1.29 is 14.4 Å². The largest absolute Gasteiger partial charge is 0.376 e. The van der Waals surface area contributed by atoms with E-state index in [0.29, 0.717) is 23.5 Å². The Morgan fingerprint density at radius 1 is 0.714 bits per heavy atom. The third-order valence-electron chi connectivity index (χ3n) is 3.90. The molecule has 0 spiro atoms. The smallest absolute Gasteiger partial charge is 0.243 e. The second-order valence-corrected chi connectivity index (χ2v) is 6.60. The lowest BCUT2D eigenvalue weighted by Gasteiger charge is -2.10. The van der Waals surface area contributed by atoms with Crippen LogP contribution in [0.25, 0.3) is 0 Å². The van der Waals surface area contributed by atoms with Crippen LogP contribution in [0, 0.1) is 5.92 Å². The number of anilines is 4. The zero-order valence-corrected chi connectivity index (χ0v) is 16.3. The van der Waals surface area contributed by atoms with Crippen LogP contribution < -0.4 is 21.3 Å². The van der Waals surface area contributed by atoms with E-state index in [9.17, 15) is 14.4 Å². The molecule has 0 saturated carbocycles. The van der Waals surface area contributed by atoms with Crippen LogP contribution in [0.2, 0.25) is 0 Å². The monoisotopic (exact) mass is 382 g/mol. The Hall–Kier alpha value is -3.35. The highest BCUT2D eigenvalue weighted by Crippen LogP contribution is 2.15. The molecule has 0 unspecified atom stereocenters. The first kappa shape index (κ1) is 21.0. The first-order chi connectivity index (χ1) is 13.4. The van der Waals surface area contributed by atoms with Crippen molar-refractivity contribution in [2.75, 3.05) is 27.8 Å². The summed E-state index contributed by atoms with van der Waals surface area (Å²) in [4.78, 5) is 35.1. The van der Waals surface area contributed by atoms with Gasteiger partial charge in [-0.3, -0.25) is 14.4 Å². The van der Waals surface area contributed by atoms with Crippen LogP contribution in [0.5, 0.6) is 0 Å². The van der Waals surface area contributed by atoms with Crippen molar-refractivity contribution in [1.82, 2.24) is 0 Å². The first-order valence-corrected chi connectivity index (χ1v) is 9.22. The number of benzene rings is 2. The standard InChI is InChI=1S/C21H26N4O3/c1-4-19(26)23-16-7-5-15(6-8-16)22-13-20(27)24-17-9-11-18(12-10-17)25-21(28)14(2)3/h5-12,14,22H,4,13H2,1-3H3,(H,23,26)(H,24,27)(H,25,28). The van der Waals surface area contributed by atoms with Crippen LogP contribution in [0.4, 0.5) is 22.7 Å². The van der Waals surface area contributed by atoms with E-state index in [-0.39, 0.29) is 30.2 Å². The maximum absolute atomic E-state index is 12.1. The Kier molecular flexibility index (Phi) is 7.56. The van der Waals surface area contributed by atoms with Gasteiger partial charge in [0.2, 0.25) is 17.7 Å². The molecule has 2 aromatic rings. The van der Waals surface area contributed by atoms with Gasteiger partial charge in [0.1, 0.15) is 0 Å². The molecule has 0 radical (unpaired) electrons. The fourth-order valence-corrected chi connectivity index (χ4v) is 2.23. The predicted octanol–water partition coefficient (Wildman–Crippen LogP) is 3.68. The van der Waals surface area contributed by atoms with Gasteiger partial charge < -0.3 is 21.3 Å². The average molecular weight is 382 g/mol. The van der Waals surface area contributed by atoms with Crippen LogP contribution in [-0.4, -0.2) is 24.3 Å². The molecule has 7 nitrogen and oxygen atoms in total. The summed E-state index contributed by atoms with van der Waals surface area (Å²) in [5.41, 5.74) is 2.82. The van der Waals surface area contributed by atoms with E-state index in [2.05, 4.69) is 21.3 Å². The van der Waals surface area contributed by atoms with Gasteiger partial charge in [0.25, 0.3) is 0 Å². The molecule has 2 rings (SSSR count). The minimum atomic E-state index is -0.192. The zero-order chi connectivity index (χ0) is 20.5. The molecule has 2 aromatic carbocycles. The third-order valence-corrected chi connectivity index (χ3v) is 3.90. The molecule has 0 atom stereocenters. The van der Waals surface area contributed by atoms with Gasteiger partial charge in [0, 0.05) is 35.1 Å². The lowest BCUT2D eigenvalue weighted by molar-refractivity contribution is -0.119. The topological polar surface area (TPSA) is 99.3 Å². The second kappa shape index (κ2) is 10.1. The summed E-state index contributed by atoms with van der Waals surface area (Å²) < 4.78 is 0. The summed E-state index contributed by atoms with van der Waals surface area (Å²) in [6, 6.07) is 14.1. The predicted molar refractivity (Wildman–Crippen MR) is 112 cm³/mol. The van der Waals surface area contributed by atoms with Crippen LogP contribution in [0.3, 0.4) is 0 Å². The Balaban J connectivity index is 1.80. The van der Waals surface area contributed by atoms with E-state index in [1.807, 2.05) is 13.8 Å². The summed E-state index contributed by atoms with van der Waals surface area (Å²) >= 11 is 0. The summed E-state index contributed by atoms with van der Waals surface area (Å²) in [6.45, 7) is 5.54. The van der Waals surface area contributed by atoms with Gasteiger partial charge in [-0.1, -0.05) is 20.8 Å². The van der Waals surface area contributed by atoms with Gasteiger partial charge in [0.05, 0.1) is 6.54 Å².